The average molecular weight is 424 g/mol. The predicted molar refractivity (Wildman–Crippen MR) is 123 cm³/mol. The van der Waals surface area contributed by atoms with Gasteiger partial charge in [-0.05, 0) is 26.0 Å². The summed E-state index contributed by atoms with van der Waals surface area (Å²) in [5.74, 6) is -0.174. The number of hydrogen-bond acceptors (Lipinski definition) is 2. The van der Waals surface area contributed by atoms with Gasteiger partial charge >= 0.3 is 0 Å². The van der Waals surface area contributed by atoms with Crippen LogP contribution in [-0.4, -0.2) is 42.0 Å². The van der Waals surface area contributed by atoms with Crippen LogP contribution in [0.3, 0.4) is 0 Å². The SMILES string of the molecule is Cc1c(NC(=O)[C@@H](C)[NH2+]C[C@H](c2ccccc2)[NH+](C)C)c(=O)n(-c2ccccc2)n1C. The van der Waals surface area contributed by atoms with E-state index in [4.69, 9.17) is 0 Å². The van der Waals surface area contributed by atoms with Crippen molar-refractivity contribution in [2.24, 2.45) is 7.05 Å². The third kappa shape index (κ3) is 4.95. The molecule has 0 bridgehead atoms. The lowest BCUT2D eigenvalue weighted by Crippen LogP contribution is -3.10. The van der Waals surface area contributed by atoms with Crippen LogP contribution in [0.5, 0.6) is 0 Å². The Morgan fingerprint density at radius 2 is 1.65 bits per heavy atom. The fourth-order valence-electron chi connectivity index (χ4n) is 3.79. The Hall–Kier alpha value is -3.16. The van der Waals surface area contributed by atoms with Gasteiger partial charge in [0.25, 0.3) is 11.5 Å². The summed E-state index contributed by atoms with van der Waals surface area (Å²) >= 11 is 0. The van der Waals surface area contributed by atoms with E-state index in [9.17, 15) is 9.59 Å². The maximum atomic E-state index is 13.0. The summed E-state index contributed by atoms with van der Waals surface area (Å²) in [5, 5.41) is 4.91. The largest absolute Gasteiger partial charge is 0.331 e. The van der Waals surface area contributed by atoms with Crippen molar-refractivity contribution in [3.05, 3.63) is 82.3 Å². The van der Waals surface area contributed by atoms with E-state index >= 15 is 0 Å². The molecule has 1 heterocycles. The van der Waals surface area contributed by atoms with Gasteiger partial charge < -0.3 is 15.5 Å². The van der Waals surface area contributed by atoms with Crippen molar-refractivity contribution in [3.8, 4) is 5.69 Å². The zero-order chi connectivity index (χ0) is 22.5. The molecule has 1 amide bonds. The smallest absolute Gasteiger partial charge is 0.295 e. The molecule has 2 aromatic carbocycles. The fourth-order valence-corrected chi connectivity index (χ4v) is 3.79. The van der Waals surface area contributed by atoms with Crippen LogP contribution in [0, 0.1) is 6.92 Å². The van der Waals surface area contributed by atoms with Gasteiger partial charge in [0, 0.05) is 12.6 Å². The lowest BCUT2D eigenvalue weighted by atomic mass is 10.1. The van der Waals surface area contributed by atoms with Crippen molar-refractivity contribution in [2.45, 2.75) is 25.9 Å². The first-order valence-electron chi connectivity index (χ1n) is 10.6. The second kappa shape index (κ2) is 9.76. The molecule has 2 atom stereocenters. The molecule has 31 heavy (non-hydrogen) atoms. The molecular weight excluding hydrogens is 390 g/mol. The topological polar surface area (TPSA) is 77.1 Å². The van der Waals surface area contributed by atoms with Crippen molar-refractivity contribution in [1.82, 2.24) is 9.36 Å². The van der Waals surface area contributed by atoms with Gasteiger partial charge in [-0.1, -0.05) is 48.5 Å². The summed E-state index contributed by atoms with van der Waals surface area (Å²) in [6.45, 7) is 4.48. The zero-order valence-electron chi connectivity index (χ0n) is 18.9. The van der Waals surface area contributed by atoms with Crippen LogP contribution in [0.1, 0.15) is 24.2 Å². The number of benzene rings is 2. The number of aromatic nitrogens is 2. The molecule has 7 heteroatoms. The third-order valence-corrected chi connectivity index (χ3v) is 5.84. The summed E-state index contributed by atoms with van der Waals surface area (Å²) in [6, 6.07) is 19.7. The van der Waals surface area contributed by atoms with E-state index in [1.165, 1.54) is 10.5 Å². The summed E-state index contributed by atoms with van der Waals surface area (Å²) < 4.78 is 3.34. The minimum Gasteiger partial charge on any atom is -0.331 e. The Balaban J connectivity index is 1.72. The molecule has 3 aromatic rings. The van der Waals surface area contributed by atoms with Crippen molar-refractivity contribution in [3.63, 3.8) is 0 Å². The van der Waals surface area contributed by atoms with Crippen LogP contribution >= 0.6 is 0 Å². The molecular formula is C24H33N5O2+2. The van der Waals surface area contributed by atoms with Crippen LogP contribution < -0.4 is 21.1 Å². The molecule has 0 saturated heterocycles. The molecule has 164 valence electrons. The first-order chi connectivity index (χ1) is 14.8. The number of hydrogen-bond donors (Lipinski definition) is 3. The van der Waals surface area contributed by atoms with E-state index in [2.05, 4.69) is 31.5 Å². The van der Waals surface area contributed by atoms with Crippen LogP contribution in [0.2, 0.25) is 0 Å². The molecule has 0 spiro atoms. The Kier molecular flexibility index (Phi) is 7.09. The highest BCUT2D eigenvalue weighted by Gasteiger charge is 2.26. The highest BCUT2D eigenvalue weighted by molar-refractivity contribution is 5.93. The Labute approximate surface area is 183 Å². The van der Waals surface area contributed by atoms with Crippen molar-refractivity contribution in [2.75, 3.05) is 26.0 Å². The van der Waals surface area contributed by atoms with Gasteiger partial charge in [0.1, 0.15) is 12.2 Å². The Morgan fingerprint density at radius 1 is 1.06 bits per heavy atom. The summed E-state index contributed by atoms with van der Waals surface area (Å²) in [5.41, 5.74) is 2.82. The maximum Gasteiger partial charge on any atom is 0.295 e. The number of amides is 1. The predicted octanol–water partition coefficient (Wildman–Crippen LogP) is 0.261. The van der Waals surface area contributed by atoms with Gasteiger partial charge in [0.2, 0.25) is 0 Å². The van der Waals surface area contributed by atoms with Crippen LogP contribution in [0.15, 0.2) is 65.5 Å². The van der Waals surface area contributed by atoms with Crippen LogP contribution in [-0.2, 0) is 11.8 Å². The van der Waals surface area contributed by atoms with Crippen LogP contribution in [0.25, 0.3) is 5.69 Å². The normalized spacial score (nSPS) is 13.2. The number of para-hydroxylation sites is 1. The lowest BCUT2D eigenvalue weighted by Gasteiger charge is -2.21. The number of nitrogens with zero attached hydrogens (tertiary/aromatic N) is 2. The second-order valence-electron chi connectivity index (χ2n) is 8.23. The summed E-state index contributed by atoms with van der Waals surface area (Å²) in [7, 11) is 6.06. The quantitative estimate of drug-likeness (QED) is 0.486. The van der Waals surface area contributed by atoms with Gasteiger partial charge in [-0.3, -0.25) is 14.3 Å². The van der Waals surface area contributed by atoms with E-state index in [0.29, 0.717) is 11.4 Å². The molecule has 0 aliphatic carbocycles. The molecule has 0 fully saturated rings. The van der Waals surface area contributed by atoms with E-state index in [-0.39, 0.29) is 23.6 Å². The van der Waals surface area contributed by atoms with E-state index < -0.39 is 0 Å². The van der Waals surface area contributed by atoms with Crippen molar-refractivity contribution in [1.29, 1.82) is 0 Å². The molecule has 3 rings (SSSR count). The number of nitrogens with two attached hydrogens (primary N) is 1. The second-order valence-corrected chi connectivity index (χ2v) is 8.23. The number of likely N-dealkylation sites (N-methyl/N-ethyl adjacent to an activating group) is 1. The van der Waals surface area contributed by atoms with Gasteiger partial charge in [-0.2, -0.15) is 0 Å². The molecule has 0 unspecified atom stereocenters. The zero-order valence-corrected chi connectivity index (χ0v) is 18.9. The van der Waals surface area contributed by atoms with Crippen molar-refractivity contribution >= 4 is 11.6 Å². The number of carbonyl (C=O) groups excluding carboxylic acids is 1. The van der Waals surface area contributed by atoms with Crippen LogP contribution in [0.4, 0.5) is 5.69 Å². The van der Waals surface area contributed by atoms with Gasteiger partial charge in [-0.15, -0.1) is 0 Å². The molecule has 7 nitrogen and oxygen atoms in total. The Morgan fingerprint density at radius 3 is 2.23 bits per heavy atom. The summed E-state index contributed by atoms with van der Waals surface area (Å²) in [4.78, 5) is 27.2. The third-order valence-electron chi connectivity index (χ3n) is 5.84. The number of quaternary nitrogens is 2. The number of rotatable bonds is 8. The first-order valence-corrected chi connectivity index (χ1v) is 10.6. The number of anilines is 1. The Bertz CT molecular complexity index is 1070. The highest BCUT2D eigenvalue weighted by Crippen LogP contribution is 2.14. The number of nitrogens with one attached hydrogen (secondary N) is 2. The molecule has 0 aliphatic rings. The maximum absolute atomic E-state index is 13.0. The van der Waals surface area contributed by atoms with Gasteiger partial charge in [0.15, 0.2) is 12.1 Å². The minimum atomic E-state index is -0.324. The van der Waals surface area contributed by atoms with E-state index in [0.717, 1.165) is 12.2 Å². The average Bonchev–Trinajstić information content (AvgIpc) is 2.98. The first kappa shape index (κ1) is 22.5. The molecule has 1 aromatic heterocycles. The summed E-state index contributed by atoms with van der Waals surface area (Å²) in [6.07, 6.45) is 0. The van der Waals surface area contributed by atoms with Crippen molar-refractivity contribution < 1.29 is 15.0 Å². The van der Waals surface area contributed by atoms with E-state index in [1.807, 2.05) is 74.7 Å². The molecule has 0 aliphatic heterocycles. The molecule has 0 radical (unpaired) electrons. The van der Waals surface area contributed by atoms with Gasteiger partial charge in [0.05, 0.1) is 25.5 Å². The number of carbonyl (C=O) groups is 1. The fraction of sp³-hybridized carbons (Fsp3) is 0.333. The molecule has 4 N–H and O–H groups in total. The molecule has 0 saturated carbocycles. The minimum absolute atomic E-state index is 0.174. The lowest BCUT2D eigenvalue weighted by molar-refractivity contribution is -0.910. The standard InChI is InChI=1S/C24H31N5O2/c1-17(25-16-21(27(3)4)19-12-8-6-9-13-19)23(30)26-22-18(2)28(5)29(24(22)31)20-14-10-7-11-15-20/h6-15,17,21,25H,16H2,1-5H3,(H,26,30)/p+2/t17-,21-/m1/s1. The monoisotopic (exact) mass is 423 g/mol. The highest BCUT2D eigenvalue weighted by atomic mass is 16.2. The van der Waals surface area contributed by atoms with Gasteiger partial charge in [-0.25, -0.2) is 4.68 Å². The van der Waals surface area contributed by atoms with E-state index in [1.54, 1.807) is 9.36 Å².